The standard InChI is InChI=1S/C16H19NO5/c1-3-21-9-8-12-4-6-13(7-5-12)17-15(19)10-14(16(17)20)22-11(2)18/h4-7,14H,3,8-10H2,1-2H3/t14-/m0/s1. The maximum absolute atomic E-state index is 12.2. The number of nitrogens with zero attached hydrogens (tertiary/aromatic N) is 1. The van der Waals surface area contributed by atoms with Gasteiger partial charge in [-0.25, -0.2) is 4.90 Å². The smallest absolute Gasteiger partial charge is 0.303 e. The van der Waals surface area contributed by atoms with Crippen molar-refractivity contribution in [2.75, 3.05) is 18.1 Å². The van der Waals surface area contributed by atoms with Crippen molar-refractivity contribution in [1.82, 2.24) is 0 Å². The maximum Gasteiger partial charge on any atom is 0.303 e. The van der Waals surface area contributed by atoms with E-state index in [9.17, 15) is 14.4 Å². The third-order valence-electron chi connectivity index (χ3n) is 3.35. The van der Waals surface area contributed by atoms with Gasteiger partial charge >= 0.3 is 5.97 Å². The number of benzene rings is 1. The zero-order valence-electron chi connectivity index (χ0n) is 12.7. The monoisotopic (exact) mass is 305 g/mol. The van der Waals surface area contributed by atoms with Crippen LogP contribution >= 0.6 is 0 Å². The minimum Gasteiger partial charge on any atom is -0.452 e. The Kier molecular flexibility index (Phi) is 5.27. The van der Waals surface area contributed by atoms with E-state index in [-0.39, 0.29) is 12.3 Å². The van der Waals surface area contributed by atoms with Crippen LogP contribution in [-0.2, 0) is 30.3 Å². The van der Waals surface area contributed by atoms with Gasteiger partial charge in [-0.2, -0.15) is 0 Å². The molecule has 6 nitrogen and oxygen atoms in total. The topological polar surface area (TPSA) is 72.9 Å². The molecule has 1 aromatic carbocycles. The third-order valence-corrected chi connectivity index (χ3v) is 3.35. The summed E-state index contributed by atoms with van der Waals surface area (Å²) in [6.07, 6.45) is -0.348. The number of ether oxygens (including phenoxy) is 2. The number of carbonyl (C=O) groups is 3. The molecule has 0 bridgehead atoms. The van der Waals surface area contributed by atoms with E-state index in [0.29, 0.717) is 18.9 Å². The highest BCUT2D eigenvalue weighted by Crippen LogP contribution is 2.25. The van der Waals surface area contributed by atoms with E-state index in [1.807, 2.05) is 19.1 Å². The molecule has 2 rings (SSSR count). The molecule has 22 heavy (non-hydrogen) atoms. The van der Waals surface area contributed by atoms with Crippen LogP contribution in [0.5, 0.6) is 0 Å². The van der Waals surface area contributed by atoms with Gasteiger partial charge in [0.1, 0.15) is 0 Å². The summed E-state index contributed by atoms with van der Waals surface area (Å²) in [5.41, 5.74) is 1.55. The maximum atomic E-state index is 12.2. The molecule has 1 aliphatic heterocycles. The van der Waals surface area contributed by atoms with Crippen molar-refractivity contribution in [3.8, 4) is 0 Å². The minimum absolute atomic E-state index is 0.107. The summed E-state index contributed by atoms with van der Waals surface area (Å²) < 4.78 is 10.2. The van der Waals surface area contributed by atoms with Crippen LogP contribution in [0.2, 0.25) is 0 Å². The minimum atomic E-state index is -1.01. The Bertz CT molecular complexity index is 566. The Balaban J connectivity index is 2.06. The van der Waals surface area contributed by atoms with Crippen molar-refractivity contribution >= 4 is 23.5 Å². The summed E-state index contributed by atoms with van der Waals surface area (Å²) in [6, 6.07) is 7.14. The fourth-order valence-electron chi connectivity index (χ4n) is 2.31. The van der Waals surface area contributed by atoms with Gasteiger partial charge in [-0.1, -0.05) is 12.1 Å². The lowest BCUT2D eigenvalue weighted by atomic mass is 10.1. The van der Waals surface area contributed by atoms with Crippen LogP contribution in [0.15, 0.2) is 24.3 Å². The molecule has 1 fully saturated rings. The Hall–Kier alpha value is -2.21. The highest BCUT2D eigenvalue weighted by atomic mass is 16.5. The number of esters is 1. The van der Waals surface area contributed by atoms with Gasteiger partial charge in [-0.15, -0.1) is 0 Å². The quantitative estimate of drug-likeness (QED) is 0.452. The van der Waals surface area contributed by atoms with E-state index in [4.69, 9.17) is 9.47 Å². The van der Waals surface area contributed by atoms with Crippen molar-refractivity contribution in [3.63, 3.8) is 0 Å². The van der Waals surface area contributed by atoms with Gasteiger partial charge in [0.25, 0.3) is 5.91 Å². The van der Waals surface area contributed by atoms with Crippen LogP contribution in [0.25, 0.3) is 0 Å². The molecule has 0 saturated carbocycles. The van der Waals surface area contributed by atoms with E-state index in [1.54, 1.807) is 12.1 Å². The number of hydrogen-bond acceptors (Lipinski definition) is 5. The fraction of sp³-hybridized carbons (Fsp3) is 0.438. The average Bonchev–Trinajstić information content (AvgIpc) is 2.74. The van der Waals surface area contributed by atoms with Crippen LogP contribution in [0.3, 0.4) is 0 Å². The first-order valence-electron chi connectivity index (χ1n) is 7.23. The number of imide groups is 1. The molecule has 1 aromatic rings. The second kappa shape index (κ2) is 7.17. The van der Waals surface area contributed by atoms with E-state index >= 15 is 0 Å². The molecule has 0 radical (unpaired) electrons. The average molecular weight is 305 g/mol. The van der Waals surface area contributed by atoms with Gasteiger partial charge in [0, 0.05) is 13.5 Å². The molecule has 1 aliphatic rings. The number of carbonyl (C=O) groups excluding carboxylic acids is 3. The normalized spacial score (nSPS) is 17.9. The van der Waals surface area contributed by atoms with Gasteiger partial charge in [0.15, 0.2) is 6.10 Å². The Morgan fingerprint density at radius 3 is 2.55 bits per heavy atom. The summed E-state index contributed by atoms with van der Waals surface area (Å²) in [6.45, 7) is 4.46. The first-order valence-corrected chi connectivity index (χ1v) is 7.23. The van der Waals surface area contributed by atoms with Gasteiger partial charge in [0.05, 0.1) is 18.7 Å². The number of rotatable bonds is 6. The second-order valence-corrected chi connectivity index (χ2v) is 4.98. The van der Waals surface area contributed by atoms with Gasteiger partial charge in [-0.05, 0) is 31.0 Å². The van der Waals surface area contributed by atoms with E-state index in [1.165, 1.54) is 6.92 Å². The van der Waals surface area contributed by atoms with Crippen molar-refractivity contribution in [3.05, 3.63) is 29.8 Å². The van der Waals surface area contributed by atoms with Gasteiger partial charge in [0.2, 0.25) is 5.91 Å². The second-order valence-electron chi connectivity index (χ2n) is 4.98. The molecular formula is C16H19NO5. The first-order chi connectivity index (χ1) is 10.5. The highest BCUT2D eigenvalue weighted by Gasteiger charge is 2.41. The predicted octanol–water partition coefficient (Wildman–Crippen LogP) is 1.46. The molecule has 2 amide bonds. The van der Waals surface area contributed by atoms with Crippen LogP contribution < -0.4 is 4.90 Å². The number of amides is 2. The lowest BCUT2D eigenvalue weighted by molar-refractivity contribution is -0.151. The molecule has 6 heteroatoms. The third kappa shape index (κ3) is 3.71. The predicted molar refractivity (Wildman–Crippen MR) is 79.3 cm³/mol. The molecule has 0 aromatic heterocycles. The molecule has 118 valence electrons. The zero-order chi connectivity index (χ0) is 16.1. The Morgan fingerprint density at radius 2 is 1.95 bits per heavy atom. The van der Waals surface area contributed by atoms with Crippen molar-refractivity contribution in [2.45, 2.75) is 32.8 Å². The molecule has 0 spiro atoms. The molecule has 1 atom stereocenters. The van der Waals surface area contributed by atoms with Crippen molar-refractivity contribution in [2.24, 2.45) is 0 Å². The van der Waals surface area contributed by atoms with Crippen LogP contribution in [0, 0.1) is 0 Å². The molecular weight excluding hydrogens is 286 g/mol. The lowest BCUT2D eigenvalue weighted by Crippen LogP contribution is -2.33. The molecule has 1 heterocycles. The zero-order valence-corrected chi connectivity index (χ0v) is 12.7. The molecule has 0 N–H and O–H groups in total. The molecule has 1 saturated heterocycles. The highest BCUT2D eigenvalue weighted by molar-refractivity contribution is 6.22. The van der Waals surface area contributed by atoms with Crippen LogP contribution in [-0.4, -0.2) is 37.1 Å². The lowest BCUT2D eigenvalue weighted by Gasteiger charge is -2.15. The van der Waals surface area contributed by atoms with Crippen LogP contribution in [0.4, 0.5) is 5.69 Å². The number of anilines is 1. The summed E-state index contributed by atoms with van der Waals surface area (Å²) >= 11 is 0. The summed E-state index contributed by atoms with van der Waals surface area (Å²) in [7, 11) is 0. The van der Waals surface area contributed by atoms with E-state index < -0.39 is 18.0 Å². The summed E-state index contributed by atoms with van der Waals surface area (Å²) in [4.78, 5) is 36.1. The molecule has 0 aliphatic carbocycles. The van der Waals surface area contributed by atoms with Crippen molar-refractivity contribution in [1.29, 1.82) is 0 Å². The van der Waals surface area contributed by atoms with Crippen LogP contribution in [0.1, 0.15) is 25.8 Å². The first kappa shape index (κ1) is 16.2. The van der Waals surface area contributed by atoms with E-state index in [2.05, 4.69) is 0 Å². The summed E-state index contributed by atoms with van der Waals surface area (Å²) in [5, 5.41) is 0. The SMILES string of the molecule is CCOCCc1ccc(N2C(=O)C[C@H](OC(C)=O)C2=O)cc1. The molecule has 0 unspecified atom stereocenters. The Labute approximate surface area is 129 Å². The van der Waals surface area contributed by atoms with Crippen molar-refractivity contribution < 1.29 is 23.9 Å². The largest absolute Gasteiger partial charge is 0.452 e. The van der Waals surface area contributed by atoms with E-state index in [0.717, 1.165) is 16.9 Å². The Morgan fingerprint density at radius 1 is 1.27 bits per heavy atom. The summed E-state index contributed by atoms with van der Waals surface area (Å²) in [5.74, 6) is -1.43. The number of hydrogen-bond donors (Lipinski definition) is 0. The van der Waals surface area contributed by atoms with Gasteiger partial charge in [-0.3, -0.25) is 14.4 Å². The fourth-order valence-corrected chi connectivity index (χ4v) is 2.31. The van der Waals surface area contributed by atoms with Gasteiger partial charge < -0.3 is 9.47 Å².